The van der Waals surface area contributed by atoms with Gasteiger partial charge in [-0.25, -0.2) is 0 Å². The fraction of sp³-hybridized carbons (Fsp3) is 0.455. The minimum absolute atomic E-state index is 0.941. The zero-order valence-corrected chi connectivity index (χ0v) is 15.5. The lowest BCUT2D eigenvalue weighted by Crippen LogP contribution is -2.24. The minimum atomic E-state index is 0.941. The van der Waals surface area contributed by atoms with Gasteiger partial charge in [0.25, 0.3) is 0 Å². The third-order valence-corrected chi connectivity index (χ3v) is 5.17. The molecule has 0 aliphatic carbocycles. The molecule has 2 N–H and O–H groups in total. The van der Waals surface area contributed by atoms with Crippen molar-refractivity contribution in [2.45, 2.75) is 39.2 Å². The van der Waals surface area contributed by atoms with Crippen LogP contribution in [-0.4, -0.2) is 31.1 Å². The van der Waals surface area contributed by atoms with Gasteiger partial charge in [0.15, 0.2) is 0 Å². The molecule has 0 radical (unpaired) electrons. The average Bonchev–Trinajstić information content (AvgIpc) is 3.16. The van der Waals surface area contributed by atoms with Gasteiger partial charge in [0, 0.05) is 19.6 Å². The van der Waals surface area contributed by atoms with E-state index >= 15 is 0 Å². The van der Waals surface area contributed by atoms with Gasteiger partial charge in [-0.1, -0.05) is 43.3 Å². The van der Waals surface area contributed by atoms with Crippen molar-refractivity contribution < 1.29 is 0 Å². The molecular weight excluding hydrogens is 306 g/mol. The Bertz CT molecular complexity index is 648. The van der Waals surface area contributed by atoms with Crippen LogP contribution in [0.1, 0.15) is 37.3 Å². The van der Waals surface area contributed by atoms with Crippen LogP contribution in [0.2, 0.25) is 0 Å². The van der Waals surface area contributed by atoms with Crippen LogP contribution in [0.25, 0.3) is 0 Å². The molecule has 0 unspecified atom stereocenters. The molecule has 0 saturated carbocycles. The van der Waals surface area contributed by atoms with E-state index in [-0.39, 0.29) is 0 Å². The molecule has 0 bridgehead atoms. The van der Waals surface area contributed by atoms with E-state index in [1.807, 2.05) is 0 Å². The molecule has 3 heteroatoms. The van der Waals surface area contributed by atoms with Gasteiger partial charge < -0.3 is 10.6 Å². The first-order valence-corrected chi connectivity index (χ1v) is 9.66. The lowest BCUT2D eigenvalue weighted by molar-refractivity contribution is 0.276. The summed E-state index contributed by atoms with van der Waals surface area (Å²) in [5.41, 5.74) is 11.2. The van der Waals surface area contributed by atoms with Crippen molar-refractivity contribution >= 4 is 11.4 Å². The van der Waals surface area contributed by atoms with Crippen LogP contribution in [0.15, 0.2) is 48.5 Å². The maximum absolute atomic E-state index is 6.31. The zero-order chi connectivity index (χ0) is 17.5. The second kappa shape index (κ2) is 8.91. The highest BCUT2D eigenvalue weighted by Crippen LogP contribution is 2.28. The first-order chi connectivity index (χ1) is 12.3. The summed E-state index contributed by atoms with van der Waals surface area (Å²) in [6.45, 7) is 7.78. The third kappa shape index (κ3) is 4.99. The highest BCUT2D eigenvalue weighted by Gasteiger charge is 2.14. The zero-order valence-electron chi connectivity index (χ0n) is 15.5. The maximum atomic E-state index is 6.31. The Balaban J connectivity index is 1.50. The van der Waals surface area contributed by atoms with Crippen molar-refractivity contribution in [1.29, 1.82) is 0 Å². The number of nitrogens with two attached hydrogens (primary N) is 1. The average molecular weight is 338 g/mol. The summed E-state index contributed by atoms with van der Waals surface area (Å²) in [6, 6.07) is 17.4. The van der Waals surface area contributed by atoms with E-state index in [4.69, 9.17) is 5.73 Å². The van der Waals surface area contributed by atoms with E-state index < -0.39 is 0 Å². The van der Waals surface area contributed by atoms with Gasteiger partial charge in [0.05, 0.1) is 11.4 Å². The van der Waals surface area contributed by atoms with Crippen LogP contribution in [-0.2, 0) is 13.0 Å². The molecule has 0 spiro atoms. The summed E-state index contributed by atoms with van der Waals surface area (Å²) >= 11 is 0. The first kappa shape index (κ1) is 17.8. The Morgan fingerprint density at radius 3 is 2.44 bits per heavy atom. The van der Waals surface area contributed by atoms with Crippen molar-refractivity contribution in [2.75, 3.05) is 36.8 Å². The van der Waals surface area contributed by atoms with Crippen LogP contribution < -0.4 is 10.6 Å². The molecule has 2 aromatic rings. The van der Waals surface area contributed by atoms with Gasteiger partial charge in [0.2, 0.25) is 0 Å². The Hall–Kier alpha value is -2.00. The van der Waals surface area contributed by atoms with E-state index in [0.29, 0.717) is 0 Å². The van der Waals surface area contributed by atoms with E-state index in [2.05, 4.69) is 65.3 Å². The summed E-state index contributed by atoms with van der Waals surface area (Å²) in [7, 11) is 0. The van der Waals surface area contributed by atoms with Crippen LogP contribution in [0, 0.1) is 0 Å². The van der Waals surface area contributed by atoms with Crippen molar-refractivity contribution in [1.82, 2.24) is 4.90 Å². The fourth-order valence-corrected chi connectivity index (χ4v) is 3.70. The Kier molecular flexibility index (Phi) is 6.35. The number of hydrogen-bond donors (Lipinski definition) is 1. The molecular formula is C22H31N3. The summed E-state index contributed by atoms with van der Waals surface area (Å²) in [6.07, 6.45) is 4.84. The van der Waals surface area contributed by atoms with Crippen molar-refractivity contribution in [3.63, 3.8) is 0 Å². The largest absolute Gasteiger partial charge is 0.397 e. The lowest BCUT2D eigenvalue weighted by atomic mass is 10.1. The van der Waals surface area contributed by atoms with E-state index in [1.54, 1.807) is 0 Å². The van der Waals surface area contributed by atoms with Crippen molar-refractivity contribution in [2.24, 2.45) is 0 Å². The highest BCUT2D eigenvalue weighted by molar-refractivity contribution is 5.68. The SMILES string of the molecule is CCN(CCCc1ccc(N2CCCC2)c(N)c1)Cc1ccccc1. The van der Waals surface area contributed by atoms with Gasteiger partial charge in [-0.3, -0.25) is 4.90 Å². The second-order valence-corrected chi connectivity index (χ2v) is 7.05. The van der Waals surface area contributed by atoms with Crippen LogP contribution in [0.4, 0.5) is 11.4 Å². The number of anilines is 2. The monoisotopic (exact) mass is 337 g/mol. The first-order valence-electron chi connectivity index (χ1n) is 9.66. The predicted octanol–water partition coefficient (Wildman–Crippen LogP) is 4.32. The van der Waals surface area contributed by atoms with Gasteiger partial charge in [0.1, 0.15) is 0 Å². The molecule has 0 atom stereocenters. The molecule has 1 fully saturated rings. The van der Waals surface area contributed by atoms with Gasteiger partial charge >= 0.3 is 0 Å². The van der Waals surface area contributed by atoms with Gasteiger partial charge in [-0.2, -0.15) is 0 Å². The molecule has 0 aromatic heterocycles. The van der Waals surface area contributed by atoms with Gasteiger partial charge in [-0.05, 0) is 62.0 Å². The summed E-state index contributed by atoms with van der Waals surface area (Å²) in [5, 5.41) is 0. The molecule has 1 saturated heterocycles. The quantitative estimate of drug-likeness (QED) is 0.728. The molecule has 25 heavy (non-hydrogen) atoms. The predicted molar refractivity (Wildman–Crippen MR) is 108 cm³/mol. The smallest absolute Gasteiger partial charge is 0.0600 e. The molecule has 3 nitrogen and oxygen atoms in total. The molecule has 3 rings (SSSR count). The standard InChI is InChI=1S/C22H31N3/c1-2-24(18-20-9-4-3-5-10-20)14-8-11-19-12-13-22(21(23)17-19)25-15-6-7-16-25/h3-5,9-10,12-13,17H,2,6-8,11,14-16,18,23H2,1H3. The number of nitrogens with zero attached hydrogens (tertiary/aromatic N) is 2. The third-order valence-electron chi connectivity index (χ3n) is 5.17. The molecule has 134 valence electrons. The van der Waals surface area contributed by atoms with E-state index in [0.717, 1.165) is 44.8 Å². The van der Waals surface area contributed by atoms with Crippen molar-refractivity contribution in [3.05, 3.63) is 59.7 Å². The number of hydrogen-bond acceptors (Lipinski definition) is 3. The van der Waals surface area contributed by atoms with Gasteiger partial charge in [-0.15, -0.1) is 0 Å². The van der Waals surface area contributed by atoms with Crippen LogP contribution >= 0.6 is 0 Å². The second-order valence-electron chi connectivity index (χ2n) is 7.05. The molecule has 1 aliphatic rings. The summed E-state index contributed by atoms with van der Waals surface area (Å²) in [5.74, 6) is 0. The van der Waals surface area contributed by atoms with Crippen LogP contribution in [0.5, 0.6) is 0 Å². The van der Waals surface area contributed by atoms with E-state index in [1.165, 1.54) is 36.1 Å². The molecule has 1 aliphatic heterocycles. The van der Waals surface area contributed by atoms with Crippen molar-refractivity contribution in [3.8, 4) is 0 Å². The number of benzene rings is 2. The number of nitrogen functional groups attached to an aromatic ring is 1. The number of rotatable bonds is 8. The maximum Gasteiger partial charge on any atom is 0.0600 e. The number of aryl methyl sites for hydroxylation is 1. The Morgan fingerprint density at radius 2 is 1.76 bits per heavy atom. The Morgan fingerprint density at radius 1 is 1.00 bits per heavy atom. The topological polar surface area (TPSA) is 32.5 Å². The molecule has 2 aromatic carbocycles. The minimum Gasteiger partial charge on any atom is -0.397 e. The normalized spacial score (nSPS) is 14.4. The Labute approximate surface area is 152 Å². The lowest BCUT2D eigenvalue weighted by Gasteiger charge is -2.21. The molecule has 1 heterocycles. The fourth-order valence-electron chi connectivity index (χ4n) is 3.70. The summed E-state index contributed by atoms with van der Waals surface area (Å²) < 4.78 is 0. The summed E-state index contributed by atoms with van der Waals surface area (Å²) in [4.78, 5) is 4.93. The van der Waals surface area contributed by atoms with E-state index in [9.17, 15) is 0 Å². The highest BCUT2D eigenvalue weighted by atomic mass is 15.1. The van der Waals surface area contributed by atoms with Crippen LogP contribution in [0.3, 0.4) is 0 Å². The molecule has 0 amide bonds.